The van der Waals surface area contributed by atoms with E-state index in [4.69, 9.17) is 4.74 Å². The van der Waals surface area contributed by atoms with E-state index in [9.17, 15) is 9.18 Å². The third kappa shape index (κ3) is 4.27. The molecule has 0 radical (unpaired) electrons. The number of benzene rings is 1. The van der Waals surface area contributed by atoms with Crippen LogP contribution in [0.15, 0.2) is 36.4 Å². The average molecular weight is 276 g/mol. The summed E-state index contributed by atoms with van der Waals surface area (Å²) in [6.07, 6.45) is 6.95. The molecular formula is C17H21FO2. The minimum atomic E-state index is -0.322. The number of rotatable bonds is 6. The Bertz CT molecular complexity index is 464. The van der Waals surface area contributed by atoms with Gasteiger partial charge in [-0.25, -0.2) is 4.39 Å². The number of ketones is 1. The number of hydrogen-bond donors (Lipinski definition) is 0. The van der Waals surface area contributed by atoms with Crippen molar-refractivity contribution in [1.82, 2.24) is 0 Å². The topological polar surface area (TPSA) is 26.3 Å². The van der Waals surface area contributed by atoms with Crippen molar-refractivity contribution in [2.75, 3.05) is 13.2 Å². The summed E-state index contributed by atoms with van der Waals surface area (Å²) in [5.74, 6) is 0.882. The largest absolute Gasteiger partial charge is 0.381 e. The minimum absolute atomic E-state index is 0.00147. The molecule has 20 heavy (non-hydrogen) atoms. The summed E-state index contributed by atoms with van der Waals surface area (Å²) in [5, 5.41) is 0. The first-order valence-corrected chi connectivity index (χ1v) is 7.18. The maximum atomic E-state index is 12.8. The van der Waals surface area contributed by atoms with E-state index in [0.717, 1.165) is 12.8 Å². The Labute approximate surface area is 119 Å². The third-order valence-electron chi connectivity index (χ3n) is 3.89. The van der Waals surface area contributed by atoms with Gasteiger partial charge in [0.1, 0.15) is 5.82 Å². The Hall–Kier alpha value is -1.48. The lowest BCUT2D eigenvalue weighted by Crippen LogP contribution is -2.20. The van der Waals surface area contributed by atoms with Crippen LogP contribution in [-0.4, -0.2) is 19.0 Å². The normalized spacial score (nSPS) is 21.9. The lowest BCUT2D eigenvalue weighted by atomic mass is 9.85. The van der Waals surface area contributed by atoms with Gasteiger partial charge in [0.2, 0.25) is 0 Å². The van der Waals surface area contributed by atoms with Gasteiger partial charge in [-0.1, -0.05) is 19.1 Å². The molecule has 2 nitrogen and oxygen atoms in total. The van der Waals surface area contributed by atoms with Gasteiger partial charge in [0.05, 0.1) is 6.61 Å². The van der Waals surface area contributed by atoms with Crippen molar-refractivity contribution in [2.45, 2.75) is 26.2 Å². The fourth-order valence-corrected chi connectivity index (χ4v) is 2.42. The number of carbonyl (C=O) groups excluding carboxylic acids is 1. The molecule has 1 aliphatic carbocycles. The summed E-state index contributed by atoms with van der Waals surface area (Å²) in [6, 6.07) is 5.66. The average Bonchev–Trinajstić information content (AvgIpc) is 2.46. The van der Waals surface area contributed by atoms with Gasteiger partial charge >= 0.3 is 0 Å². The highest BCUT2D eigenvalue weighted by atomic mass is 19.1. The van der Waals surface area contributed by atoms with Gasteiger partial charge < -0.3 is 4.74 Å². The maximum Gasteiger partial charge on any atom is 0.165 e. The Morgan fingerprint density at radius 1 is 1.25 bits per heavy atom. The van der Waals surface area contributed by atoms with E-state index < -0.39 is 0 Å². The first-order valence-electron chi connectivity index (χ1n) is 7.18. The Kier molecular flexibility index (Phi) is 5.48. The number of halogens is 1. The van der Waals surface area contributed by atoms with Crippen molar-refractivity contribution < 1.29 is 13.9 Å². The number of ether oxygens (including phenoxy) is 1. The fraction of sp³-hybridized carbons (Fsp3) is 0.471. The molecule has 0 bridgehead atoms. The second-order valence-corrected chi connectivity index (χ2v) is 5.44. The molecule has 0 spiro atoms. The first-order chi connectivity index (χ1) is 9.66. The van der Waals surface area contributed by atoms with E-state index in [1.54, 1.807) is 0 Å². The van der Waals surface area contributed by atoms with Crippen LogP contribution in [0.1, 0.15) is 36.5 Å². The molecule has 2 atom stereocenters. The number of Topliss-reactive ketones (excluding diaryl/α,β-unsaturated/α-hetero) is 1. The molecule has 2 unspecified atom stereocenters. The number of hydrogen-bond acceptors (Lipinski definition) is 2. The second kappa shape index (κ2) is 7.34. The molecule has 1 aliphatic rings. The van der Waals surface area contributed by atoms with Crippen LogP contribution in [-0.2, 0) is 4.74 Å². The summed E-state index contributed by atoms with van der Waals surface area (Å²) < 4.78 is 18.4. The van der Waals surface area contributed by atoms with Crippen LogP contribution in [0, 0.1) is 17.7 Å². The quantitative estimate of drug-likeness (QED) is 0.445. The Balaban J connectivity index is 1.69. The lowest BCUT2D eigenvalue weighted by Gasteiger charge is -2.24. The van der Waals surface area contributed by atoms with Crippen molar-refractivity contribution in [1.29, 1.82) is 0 Å². The van der Waals surface area contributed by atoms with Gasteiger partial charge in [-0.2, -0.15) is 0 Å². The van der Waals surface area contributed by atoms with Crippen molar-refractivity contribution >= 4 is 5.78 Å². The van der Waals surface area contributed by atoms with Crippen molar-refractivity contribution in [2.24, 2.45) is 11.8 Å². The van der Waals surface area contributed by atoms with Gasteiger partial charge in [0.25, 0.3) is 0 Å². The molecule has 1 aromatic carbocycles. The summed E-state index contributed by atoms with van der Waals surface area (Å²) in [4.78, 5) is 11.9. The Morgan fingerprint density at radius 3 is 2.65 bits per heavy atom. The fourth-order valence-electron chi connectivity index (χ4n) is 2.42. The van der Waals surface area contributed by atoms with E-state index in [0.29, 0.717) is 37.0 Å². The molecule has 0 heterocycles. The van der Waals surface area contributed by atoms with Gasteiger partial charge in [0.15, 0.2) is 5.78 Å². The highest BCUT2D eigenvalue weighted by molar-refractivity contribution is 5.96. The van der Waals surface area contributed by atoms with Crippen molar-refractivity contribution in [3.05, 3.63) is 47.8 Å². The van der Waals surface area contributed by atoms with E-state index in [1.807, 2.05) is 0 Å². The van der Waals surface area contributed by atoms with Crippen LogP contribution in [0.25, 0.3) is 0 Å². The van der Waals surface area contributed by atoms with Crippen LogP contribution in [0.5, 0.6) is 0 Å². The monoisotopic (exact) mass is 276 g/mol. The van der Waals surface area contributed by atoms with E-state index >= 15 is 0 Å². The Morgan fingerprint density at radius 2 is 1.95 bits per heavy atom. The predicted molar refractivity (Wildman–Crippen MR) is 77.2 cm³/mol. The predicted octanol–water partition coefficient (Wildman–Crippen LogP) is 4.02. The zero-order chi connectivity index (χ0) is 14.4. The van der Waals surface area contributed by atoms with Crippen molar-refractivity contribution in [3.8, 4) is 0 Å². The summed E-state index contributed by atoms with van der Waals surface area (Å²) >= 11 is 0. The SMILES string of the molecule is CC1CC=CCC1COCCC(=O)c1ccc(F)cc1. The molecule has 0 N–H and O–H groups in total. The molecular weight excluding hydrogens is 255 g/mol. The molecule has 0 saturated carbocycles. The molecule has 0 aliphatic heterocycles. The molecule has 108 valence electrons. The highest BCUT2D eigenvalue weighted by Gasteiger charge is 2.18. The van der Waals surface area contributed by atoms with E-state index in [1.165, 1.54) is 24.3 Å². The third-order valence-corrected chi connectivity index (χ3v) is 3.89. The molecule has 2 rings (SSSR count). The lowest BCUT2D eigenvalue weighted by molar-refractivity contribution is 0.0690. The van der Waals surface area contributed by atoms with E-state index in [2.05, 4.69) is 19.1 Å². The second-order valence-electron chi connectivity index (χ2n) is 5.44. The zero-order valence-electron chi connectivity index (χ0n) is 11.8. The van der Waals surface area contributed by atoms with Crippen LogP contribution >= 0.6 is 0 Å². The zero-order valence-corrected chi connectivity index (χ0v) is 11.8. The number of allylic oxidation sites excluding steroid dienone is 2. The van der Waals surface area contributed by atoms with Gasteiger partial charge in [-0.15, -0.1) is 0 Å². The molecule has 3 heteroatoms. The standard InChI is InChI=1S/C17H21FO2/c1-13-4-2-3-5-15(13)12-20-11-10-17(19)14-6-8-16(18)9-7-14/h2-3,6-9,13,15H,4-5,10-12H2,1H3. The summed E-state index contributed by atoms with van der Waals surface area (Å²) in [7, 11) is 0. The van der Waals surface area contributed by atoms with Crippen LogP contribution in [0.3, 0.4) is 0 Å². The number of carbonyl (C=O) groups is 1. The molecule has 0 fully saturated rings. The van der Waals surface area contributed by atoms with Crippen LogP contribution < -0.4 is 0 Å². The highest BCUT2D eigenvalue weighted by Crippen LogP contribution is 2.25. The van der Waals surface area contributed by atoms with Crippen LogP contribution in [0.4, 0.5) is 4.39 Å². The smallest absolute Gasteiger partial charge is 0.165 e. The molecule has 0 aromatic heterocycles. The molecule has 0 amide bonds. The molecule has 1 aromatic rings. The van der Waals surface area contributed by atoms with Crippen LogP contribution in [0.2, 0.25) is 0 Å². The van der Waals surface area contributed by atoms with Gasteiger partial charge in [-0.3, -0.25) is 4.79 Å². The first kappa shape index (κ1) is 14.9. The van der Waals surface area contributed by atoms with Gasteiger partial charge in [0, 0.05) is 18.6 Å². The minimum Gasteiger partial charge on any atom is -0.381 e. The molecule has 0 saturated heterocycles. The summed E-state index contributed by atoms with van der Waals surface area (Å²) in [5.41, 5.74) is 0.545. The maximum absolute atomic E-state index is 12.8. The summed E-state index contributed by atoms with van der Waals surface area (Å²) in [6.45, 7) is 3.38. The van der Waals surface area contributed by atoms with E-state index in [-0.39, 0.29) is 11.6 Å². The van der Waals surface area contributed by atoms with Gasteiger partial charge in [-0.05, 0) is 48.9 Å². The van der Waals surface area contributed by atoms with Crippen molar-refractivity contribution in [3.63, 3.8) is 0 Å².